The SMILES string of the molecule is Cc1ccc2c(c1)NCC21CCN(C[C@@H](O)C2CCN(c3ncc(C(N)=O)o3)CC2)CC1C. The number of hydrogen-bond acceptors (Lipinski definition) is 7. The molecule has 1 spiro atoms. The first-order valence-corrected chi connectivity index (χ1v) is 12.1. The summed E-state index contributed by atoms with van der Waals surface area (Å²) in [5.41, 5.74) is 9.53. The van der Waals surface area contributed by atoms with Crippen LogP contribution in [-0.2, 0) is 5.41 Å². The van der Waals surface area contributed by atoms with Crippen molar-refractivity contribution >= 4 is 17.6 Å². The molecule has 2 fully saturated rings. The summed E-state index contributed by atoms with van der Waals surface area (Å²) < 4.78 is 5.46. The number of aryl methyl sites for hydroxylation is 1. The molecule has 3 atom stereocenters. The number of primary amides is 1. The lowest BCUT2D eigenvalue weighted by atomic mass is 9.67. The summed E-state index contributed by atoms with van der Waals surface area (Å²) in [5, 5.41) is 14.7. The van der Waals surface area contributed by atoms with E-state index in [4.69, 9.17) is 10.2 Å². The van der Waals surface area contributed by atoms with Crippen LogP contribution in [0.3, 0.4) is 0 Å². The number of aliphatic hydroxyl groups is 1. The first-order valence-electron chi connectivity index (χ1n) is 12.1. The van der Waals surface area contributed by atoms with Crippen molar-refractivity contribution in [2.24, 2.45) is 17.6 Å². The Labute approximate surface area is 195 Å². The molecule has 2 saturated heterocycles. The number of fused-ring (bicyclic) bond motifs is 2. The maximum atomic E-state index is 11.2. The van der Waals surface area contributed by atoms with Crippen LogP contribution < -0.4 is 16.0 Å². The third-order valence-electron chi connectivity index (χ3n) is 8.19. The number of nitrogens with zero attached hydrogens (tertiary/aromatic N) is 3. The zero-order valence-electron chi connectivity index (χ0n) is 19.6. The number of carbonyl (C=O) groups excluding carboxylic acids is 1. The fraction of sp³-hybridized carbons (Fsp3) is 0.600. The summed E-state index contributed by atoms with van der Waals surface area (Å²) in [6.07, 6.45) is 3.91. The molecule has 2 unspecified atom stereocenters. The molecule has 3 aliphatic rings. The van der Waals surface area contributed by atoms with E-state index in [0.29, 0.717) is 11.9 Å². The van der Waals surface area contributed by atoms with Crippen LogP contribution in [0.4, 0.5) is 11.7 Å². The number of benzene rings is 1. The first-order chi connectivity index (χ1) is 15.9. The number of rotatable bonds is 5. The van der Waals surface area contributed by atoms with Crippen LogP contribution in [0.5, 0.6) is 0 Å². The zero-order chi connectivity index (χ0) is 23.2. The third kappa shape index (κ3) is 4.10. The smallest absolute Gasteiger partial charge is 0.297 e. The lowest BCUT2D eigenvalue weighted by Crippen LogP contribution is -2.52. The quantitative estimate of drug-likeness (QED) is 0.638. The van der Waals surface area contributed by atoms with E-state index in [0.717, 1.165) is 58.5 Å². The van der Waals surface area contributed by atoms with Gasteiger partial charge in [-0.2, -0.15) is 0 Å². The number of carbonyl (C=O) groups is 1. The van der Waals surface area contributed by atoms with Gasteiger partial charge in [-0.3, -0.25) is 4.79 Å². The monoisotopic (exact) mass is 453 g/mol. The molecule has 178 valence electrons. The lowest BCUT2D eigenvalue weighted by Gasteiger charge is -2.46. The number of nitrogens with one attached hydrogen (secondary N) is 1. The molecule has 4 N–H and O–H groups in total. The standard InChI is InChI=1S/C25H35N5O3/c1-16-3-4-19-20(11-16)28-15-25(19)7-10-29(13-17(25)2)14-21(31)18-5-8-30(9-6-18)24-27-12-22(33-24)23(26)32/h3-4,11-12,17-18,21,28,31H,5-10,13-15H2,1-2H3,(H2,26,32)/t17?,21-,25?/m1/s1. The number of oxazole rings is 1. The van der Waals surface area contributed by atoms with Gasteiger partial charge >= 0.3 is 0 Å². The Morgan fingerprint density at radius 3 is 2.85 bits per heavy atom. The number of piperidine rings is 2. The number of hydrogen-bond donors (Lipinski definition) is 3. The van der Waals surface area contributed by atoms with Crippen LogP contribution >= 0.6 is 0 Å². The number of anilines is 2. The summed E-state index contributed by atoms with van der Waals surface area (Å²) in [7, 11) is 0. The van der Waals surface area contributed by atoms with Gasteiger partial charge in [0.15, 0.2) is 0 Å². The van der Waals surface area contributed by atoms with E-state index < -0.39 is 5.91 Å². The molecule has 0 bridgehead atoms. The van der Waals surface area contributed by atoms with E-state index in [1.54, 1.807) is 0 Å². The van der Waals surface area contributed by atoms with Crippen molar-refractivity contribution < 1.29 is 14.3 Å². The molecule has 5 rings (SSSR count). The zero-order valence-corrected chi connectivity index (χ0v) is 19.6. The summed E-state index contributed by atoms with van der Waals surface area (Å²) in [5.74, 6) is 0.263. The predicted octanol–water partition coefficient (Wildman–Crippen LogP) is 2.36. The van der Waals surface area contributed by atoms with Gasteiger partial charge in [-0.05, 0) is 61.8 Å². The number of nitrogens with two attached hydrogens (primary N) is 1. The van der Waals surface area contributed by atoms with Gasteiger partial charge in [0, 0.05) is 43.8 Å². The number of β-amino-alcohol motifs (C(OH)–C–C–N with tert-alkyl or cyclic N) is 1. The Bertz CT molecular complexity index is 1020. The Morgan fingerprint density at radius 1 is 1.36 bits per heavy atom. The van der Waals surface area contributed by atoms with Crippen LogP contribution in [0.2, 0.25) is 0 Å². The van der Waals surface area contributed by atoms with Crippen LogP contribution in [-0.4, -0.2) is 66.3 Å². The van der Waals surface area contributed by atoms with Gasteiger partial charge in [0.2, 0.25) is 5.76 Å². The summed E-state index contributed by atoms with van der Waals surface area (Å²) in [6.45, 7) is 9.78. The first kappa shape index (κ1) is 22.2. The van der Waals surface area contributed by atoms with Gasteiger partial charge in [-0.1, -0.05) is 19.1 Å². The maximum Gasteiger partial charge on any atom is 0.297 e. The number of likely N-dealkylation sites (tertiary alicyclic amines) is 1. The van der Waals surface area contributed by atoms with E-state index in [-0.39, 0.29) is 23.2 Å². The van der Waals surface area contributed by atoms with Crippen molar-refractivity contribution in [2.75, 3.05) is 49.5 Å². The minimum atomic E-state index is -0.608. The Balaban J connectivity index is 1.14. The molecule has 8 heteroatoms. The molecule has 0 aliphatic carbocycles. The van der Waals surface area contributed by atoms with E-state index in [2.05, 4.69) is 47.2 Å². The molecule has 1 aromatic heterocycles. The second-order valence-corrected chi connectivity index (χ2v) is 10.2. The largest absolute Gasteiger partial charge is 0.418 e. The topological polar surface area (TPSA) is 108 Å². The highest BCUT2D eigenvalue weighted by Gasteiger charge is 2.46. The fourth-order valence-electron chi connectivity index (χ4n) is 6.09. The van der Waals surface area contributed by atoms with E-state index in [1.807, 2.05) is 4.90 Å². The normalized spacial score (nSPS) is 26.9. The molecule has 2 aromatic rings. The van der Waals surface area contributed by atoms with Crippen molar-refractivity contribution in [2.45, 2.75) is 44.6 Å². The molecule has 3 aliphatic heterocycles. The minimum Gasteiger partial charge on any atom is -0.418 e. The highest BCUT2D eigenvalue weighted by Crippen LogP contribution is 2.47. The van der Waals surface area contributed by atoms with E-state index in [1.165, 1.54) is 23.0 Å². The second kappa shape index (κ2) is 8.65. The second-order valence-electron chi connectivity index (χ2n) is 10.2. The van der Waals surface area contributed by atoms with Crippen molar-refractivity contribution in [3.63, 3.8) is 0 Å². The van der Waals surface area contributed by atoms with Crippen LogP contribution in [0, 0.1) is 18.8 Å². The Hall–Kier alpha value is -2.58. The van der Waals surface area contributed by atoms with Crippen molar-refractivity contribution in [3.8, 4) is 0 Å². The lowest BCUT2D eigenvalue weighted by molar-refractivity contribution is 0.0242. The highest BCUT2D eigenvalue weighted by molar-refractivity contribution is 5.89. The Morgan fingerprint density at radius 2 is 2.15 bits per heavy atom. The molecular formula is C25H35N5O3. The predicted molar refractivity (Wildman–Crippen MR) is 128 cm³/mol. The van der Waals surface area contributed by atoms with Crippen molar-refractivity contribution in [1.29, 1.82) is 0 Å². The summed E-state index contributed by atoms with van der Waals surface area (Å²) in [4.78, 5) is 19.9. The van der Waals surface area contributed by atoms with Gasteiger partial charge in [0.25, 0.3) is 11.9 Å². The average molecular weight is 454 g/mol. The number of aliphatic hydroxyl groups excluding tert-OH is 1. The highest BCUT2D eigenvalue weighted by atomic mass is 16.4. The van der Waals surface area contributed by atoms with Gasteiger partial charge in [-0.25, -0.2) is 4.98 Å². The van der Waals surface area contributed by atoms with Crippen molar-refractivity contribution in [1.82, 2.24) is 9.88 Å². The molecule has 1 aromatic carbocycles. The number of aromatic nitrogens is 1. The van der Waals surface area contributed by atoms with Gasteiger partial charge in [0.05, 0.1) is 12.3 Å². The molecule has 0 saturated carbocycles. The maximum absolute atomic E-state index is 11.2. The van der Waals surface area contributed by atoms with Gasteiger partial charge < -0.3 is 30.4 Å². The molecule has 8 nitrogen and oxygen atoms in total. The van der Waals surface area contributed by atoms with Gasteiger partial charge in [-0.15, -0.1) is 0 Å². The van der Waals surface area contributed by atoms with Crippen LogP contribution in [0.25, 0.3) is 0 Å². The van der Waals surface area contributed by atoms with Crippen molar-refractivity contribution in [3.05, 3.63) is 41.3 Å². The average Bonchev–Trinajstić information content (AvgIpc) is 3.43. The number of amides is 1. The molecule has 1 amide bonds. The van der Waals surface area contributed by atoms with E-state index in [9.17, 15) is 9.90 Å². The van der Waals surface area contributed by atoms with E-state index >= 15 is 0 Å². The summed E-state index contributed by atoms with van der Waals surface area (Å²) >= 11 is 0. The third-order valence-corrected chi connectivity index (χ3v) is 8.19. The summed E-state index contributed by atoms with van der Waals surface area (Å²) in [6, 6.07) is 7.26. The Kier molecular flexibility index (Phi) is 5.82. The molecular weight excluding hydrogens is 418 g/mol. The minimum absolute atomic E-state index is 0.0827. The van der Waals surface area contributed by atoms with Crippen LogP contribution in [0.1, 0.15) is 47.9 Å². The fourth-order valence-corrected chi connectivity index (χ4v) is 6.09. The molecule has 4 heterocycles. The molecule has 0 radical (unpaired) electrons. The van der Waals surface area contributed by atoms with Gasteiger partial charge in [0.1, 0.15) is 0 Å². The van der Waals surface area contributed by atoms with Crippen LogP contribution in [0.15, 0.2) is 28.8 Å². The molecule has 33 heavy (non-hydrogen) atoms.